The zero-order chi connectivity index (χ0) is 9.84. The average molecular weight is 198 g/mol. The van der Waals surface area contributed by atoms with Crippen molar-refractivity contribution in [3.05, 3.63) is 28.8 Å². The van der Waals surface area contributed by atoms with Crippen LogP contribution in [0.5, 0.6) is 0 Å². The molecule has 0 spiro atoms. The first-order valence-corrected chi connectivity index (χ1v) is 4.53. The van der Waals surface area contributed by atoms with E-state index in [2.05, 4.69) is 5.32 Å². The van der Waals surface area contributed by atoms with E-state index in [-0.39, 0.29) is 6.04 Å². The Kier molecular flexibility index (Phi) is 3.32. The molecule has 0 aromatic heterocycles. The van der Waals surface area contributed by atoms with Crippen molar-refractivity contribution in [2.45, 2.75) is 19.9 Å². The Morgan fingerprint density at radius 1 is 1.46 bits per heavy atom. The quantitative estimate of drug-likeness (QED) is 0.755. The topological polar surface area (TPSA) is 29.1 Å². The highest BCUT2D eigenvalue weighted by Crippen LogP contribution is 2.22. The highest BCUT2D eigenvalue weighted by Gasteiger charge is 2.05. The molecule has 0 aliphatic rings. The zero-order valence-corrected chi connectivity index (χ0v) is 8.43. The molecule has 0 saturated carbocycles. The maximum atomic E-state index is 10.7. The predicted octanol–water partition coefficient (Wildman–Crippen LogP) is 2.97. The van der Waals surface area contributed by atoms with E-state index in [0.717, 1.165) is 12.0 Å². The first-order valence-electron chi connectivity index (χ1n) is 4.15. The van der Waals surface area contributed by atoms with Crippen LogP contribution >= 0.6 is 11.6 Å². The first-order chi connectivity index (χ1) is 6.15. The Hall–Kier alpha value is -1.02. The average Bonchev–Trinajstić information content (AvgIpc) is 2.03. The minimum absolute atomic E-state index is 0.289. The minimum Gasteiger partial charge on any atom is -0.382 e. The molecule has 13 heavy (non-hydrogen) atoms. The monoisotopic (exact) mass is 197 g/mol. The van der Waals surface area contributed by atoms with Gasteiger partial charge in [0.15, 0.2) is 6.29 Å². The maximum absolute atomic E-state index is 10.7. The normalized spacial score (nSPS) is 10.2. The molecule has 1 aromatic carbocycles. The van der Waals surface area contributed by atoms with Gasteiger partial charge in [-0.05, 0) is 26.0 Å². The fraction of sp³-hybridized carbons (Fsp3) is 0.300. The molecule has 0 heterocycles. The lowest BCUT2D eigenvalue weighted by atomic mass is 10.2. The van der Waals surface area contributed by atoms with E-state index >= 15 is 0 Å². The number of carbonyl (C=O) groups excluding carboxylic acids is 1. The summed E-state index contributed by atoms with van der Waals surface area (Å²) >= 11 is 5.84. The second kappa shape index (κ2) is 4.28. The third kappa shape index (κ3) is 2.46. The number of anilines is 1. The zero-order valence-electron chi connectivity index (χ0n) is 7.67. The van der Waals surface area contributed by atoms with Gasteiger partial charge in [-0.1, -0.05) is 17.7 Å². The van der Waals surface area contributed by atoms with Gasteiger partial charge in [-0.25, -0.2) is 0 Å². The van der Waals surface area contributed by atoms with Gasteiger partial charge in [0.05, 0.1) is 10.6 Å². The summed E-state index contributed by atoms with van der Waals surface area (Å²) in [4.78, 5) is 10.7. The van der Waals surface area contributed by atoms with Crippen LogP contribution in [0.25, 0.3) is 0 Å². The Balaban J connectivity index is 3.05. The molecular weight excluding hydrogens is 186 g/mol. The number of aldehydes is 1. The van der Waals surface area contributed by atoms with E-state index in [1.807, 2.05) is 26.0 Å². The number of rotatable bonds is 3. The van der Waals surface area contributed by atoms with Crippen molar-refractivity contribution >= 4 is 23.6 Å². The summed E-state index contributed by atoms with van der Waals surface area (Å²) in [6, 6.07) is 5.66. The summed E-state index contributed by atoms with van der Waals surface area (Å²) in [5.74, 6) is 0. The standard InChI is InChI=1S/C10H12ClNO/c1-7(2)12-10-5-3-4-9(11)8(10)6-13/h3-7,12H,1-2H3. The molecule has 0 fully saturated rings. The second-order valence-electron chi connectivity index (χ2n) is 3.12. The molecule has 0 saturated heterocycles. The van der Waals surface area contributed by atoms with Crippen LogP contribution < -0.4 is 5.32 Å². The van der Waals surface area contributed by atoms with Crippen LogP contribution in [0.4, 0.5) is 5.69 Å². The van der Waals surface area contributed by atoms with Crippen molar-refractivity contribution in [2.24, 2.45) is 0 Å². The predicted molar refractivity (Wildman–Crippen MR) is 55.6 cm³/mol. The molecule has 1 aromatic rings. The molecule has 0 aliphatic carbocycles. The van der Waals surface area contributed by atoms with Crippen LogP contribution in [0, 0.1) is 0 Å². The van der Waals surface area contributed by atoms with Gasteiger partial charge in [-0.15, -0.1) is 0 Å². The van der Waals surface area contributed by atoms with E-state index in [9.17, 15) is 4.79 Å². The summed E-state index contributed by atoms with van der Waals surface area (Å²) in [5.41, 5.74) is 1.32. The molecule has 0 amide bonds. The molecule has 1 rings (SSSR count). The van der Waals surface area contributed by atoms with Crippen LogP contribution in [0.15, 0.2) is 18.2 Å². The molecule has 0 aliphatic heterocycles. The summed E-state index contributed by atoms with van der Waals surface area (Å²) in [5, 5.41) is 3.64. The van der Waals surface area contributed by atoms with E-state index in [1.54, 1.807) is 6.07 Å². The summed E-state index contributed by atoms with van der Waals surface area (Å²) in [6.07, 6.45) is 0.771. The van der Waals surface area contributed by atoms with Crippen molar-refractivity contribution in [3.63, 3.8) is 0 Å². The van der Waals surface area contributed by atoms with Crippen LogP contribution in [0.2, 0.25) is 5.02 Å². The molecule has 1 N–H and O–H groups in total. The maximum Gasteiger partial charge on any atom is 0.153 e. The highest BCUT2D eigenvalue weighted by atomic mass is 35.5. The SMILES string of the molecule is CC(C)Nc1cccc(Cl)c1C=O. The molecule has 0 atom stereocenters. The molecule has 0 unspecified atom stereocenters. The molecule has 3 heteroatoms. The molecule has 0 bridgehead atoms. The van der Waals surface area contributed by atoms with Crippen molar-refractivity contribution in [3.8, 4) is 0 Å². The highest BCUT2D eigenvalue weighted by molar-refractivity contribution is 6.33. The largest absolute Gasteiger partial charge is 0.382 e. The second-order valence-corrected chi connectivity index (χ2v) is 3.53. The van der Waals surface area contributed by atoms with Gasteiger partial charge in [0.2, 0.25) is 0 Å². The molecule has 70 valence electrons. The number of benzene rings is 1. The van der Waals surface area contributed by atoms with Gasteiger partial charge >= 0.3 is 0 Å². The van der Waals surface area contributed by atoms with Crippen molar-refractivity contribution in [1.29, 1.82) is 0 Å². The van der Waals surface area contributed by atoms with E-state index < -0.39 is 0 Å². The van der Waals surface area contributed by atoms with Crippen LogP contribution in [-0.2, 0) is 0 Å². The number of hydrogen-bond acceptors (Lipinski definition) is 2. The van der Waals surface area contributed by atoms with E-state index in [1.165, 1.54) is 0 Å². The van der Waals surface area contributed by atoms with Gasteiger partial charge < -0.3 is 5.32 Å². The molecule has 0 radical (unpaired) electrons. The number of halogens is 1. The third-order valence-electron chi connectivity index (χ3n) is 1.61. The summed E-state index contributed by atoms with van der Waals surface area (Å²) < 4.78 is 0. The smallest absolute Gasteiger partial charge is 0.153 e. The Labute approximate surface area is 82.9 Å². The number of hydrogen-bond donors (Lipinski definition) is 1. The van der Waals surface area contributed by atoms with Crippen molar-refractivity contribution in [1.82, 2.24) is 0 Å². The lowest BCUT2D eigenvalue weighted by Gasteiger charge is -2.12. The van der Waals surface area contributed by atoms with E-state index in [0.29, 0.717) is 10.6 Å². The van der Waals surface area contributed by atoms with Crippen LogP contribution in [0.3, 0.4) is 0 Å². The fourth-order valence-electron chi connectivity index (χ4n) is 1.09. The minimum atomic E-state index is 0.289. The first kappa shape index (κ1) is 10.1. The molecular formula is C10H12ClNO. The molecule has 2 nitrogen and oxygen atoms in total. The third-order valence-corrected chi connectivity index (χ3v) is 1.94. The van der Waals surface area contributed by atoms with Crippen LogP contribution in [0.1, 0.15) is 24.2 Å². The van der Waals surface area contributed by atoms with Gasteiger partial charge in [0.1, 0.15) is 0 Å². The van der Waals surface area contributed by atoms with Gasteiger partial charge in [-0.3, -0.25) is 4.79 Å². The summed E-state index contributed by atoms with van der Waals surface area (Å²) in [6.45, 7) is 4.02. The lowest BCUT2D eigenvalue weighted by Crippen LogP contribution is -2.11. The van der Waals surface area contributed by atoms with Gasteiger partial charge in [0, 0.05) is 11.7 Å². The van der Waals surface area contributed by atoms with Crippen LogP contribution in [-0.4, -0.2) is 12.3 Å². The lowest BCUT2D eigenvalue weighted by molar-refractivity contribution is 0.112. The fourth-order valence-corrected chi connectivity index (χ4v) is 1.31. The Bertz CT molecular complexity index is 310. The van der Waals surface area contributed by atoms with Crippen molar-refractivity contribution in [2.75, 3.05) is 5.32 Å². The Morgan fingerprint density at radius 2 is 2.15 bits per heavy atom. The summed E-state index contributed by atoms with van der Waals surface area (Å²) in [7, 11) is 0. The number of nitrogens with one attached hydrogen (secondary N) is 1. The Morgan fingerprint density at radius 3 is 2.69 bits per heavy atom. The number of carbonyl (C=O) groups is 1. The van der Waals surface area contributed by atoms with Gasteiger partial charge in [-0.2, -0.15) is 0 Å². The van der Waals surface area contributed by atoms with E-state index in [4.69, 9.17) is 11.6 Å². The van der Waals surface area contributed by atoms with Crippen molar-refractivity contribution < 1.29 is 4.79 Å². The van der Waals surface area contributed by atoms with Gasteiger partial charge in [0.25, 0.3) is 0 Å².